The smallest absolute Gasteiger partial charge is 0.410 e. The predicted octanol–water partition coefficient (Wildman–Crippen LogP) is 2.10. The van der Waals surface area contributed by atoms with E-state index in [9.17, 15) is 4.79 Å². The Morgan fingerprint density at radius 2 is 2.32 bits per heavy atom. The van der Waals surface area contributed by atoms with Crippen molar-refractivity contribution >= 4 is 11.9 Å². The first-order chi connectivity index (χ1) is 8.97. The van der Waals surface area contributed by atoms with E-state index >= 15 is 0 Å². The molecule has 2 atom stereocenters. The largest absolute Gasteiger partial charge is 0.446 e. The number of nitrogens with zero attached hydrogens (tertiary/aromatic N) is 2. The molecule has 0 unspecified atom stereocenters. The molecule has 0 bridgehead atoms. The molecule has 0 radical (unpaired) electrons. The van der Waals surface area contributed by atoms with Crippen LogP contribution in [0.4, 0.5) is 10.6 Å². The van der Waals surface area contributed by atoms with Crippen molar-refractivity contribution in [1.82, 2.24) is 15.1 Å². The number of anilines is 1. The fourth-order valence-corrected chi connectivity index (χ4v) is 2.33. The monoisotopic (exact) mass is 266 g/mol. The molecule has 0 spiro atoms. The normalized spacial score (nSPS) is 22.7. The molecule has 0 aliphatic heterocycles. The standard InChI is InChI=1S/C13H22N4O2/c1-8(2)17(3)13(18)19-10-5-4-9(6-10)11-7-12(14)16-15-11/h7-10H,4-6H2,1-3H3,(H3,14,15,16)/t9-,10+/m0/s1. The van der Waals surface area contributed by atoms with Crippen molar-refractivity contribution in [1.29, 1.82) is 0 Å². The van der Waals surface area contributed by atoms with Crippen molar-refractivity contribution in [3.05, 3.63) is 11.8 Å². The van der Waals surface area contributed by atoms with Crippen LogP contribution in [0.5, 0.6) is 0 Å². The maximum Gasteiger partial charge on any atom is 0.410 e. The Hall–Kier alpha value is -1.72. The minimum atomic E-state index is -0.246. The number of nitrogens with one attached hydrogen (secondary N) is 1. The topological polar surface area (TPSA) is 84.2 Å². The highest BCUT2D eigenvalue weighted by molar-refractivity contribution is 5.67. The van der Waals surface area contributed by atoms with Gasteiger partial charge in [-0.3, -0.25) is 5.10 Å². The second-order valence-corrected chi connectivity index (χ2v) is 5.47. The summed E-state index contributed by atoms with van der Waals surface area (Å²) in [6, 6.07) is 2.01. The molecular weight excluding hydrogens is 244 g/mol. The molecule has 1 aromatic heterocycles. The van der Waals surface area contributed by atoms with Gasteiger partial charge in [0.05, 0.1) is 0 Å². The molecule has 6 heteroatoms. The van der Waals surface area contributed by atoms with E-state index in [0.717, 1.165) is 25.0 Å². The minimum absolute atomic E-state index is 0.0109. The molecule has 1 aliphatic carbocycles. The zero-order chi connectivity index (χ0) is 14.0. The molecule has 1 saturated carbocycles. The molecule has 0 aromatic carbocycles. The molecule has 1 heterocycles. The van der Waals surface area contributed by atoms with Gasteiger partial charge in [0.25, 0.3) is 0 Å². The van der Waals surface area contributed by atoms with Crippen LogP contribution in [0.3, 0.4) is 0 Å². The number of aromatic nitrogens is 2. The number of carbonyl (C=O) groups is 1. The van der Waals surface area contributed by atoms with Gasteiger partial charge >= 0.3 is 6.09 Å². The third-order valence-electron chi connectivity index (χ3n) is 3.77. The lowest BCUT2D eigenvalue weighted by atomic mass is 10.0. The van der Waals surface area contributed by atoms with Crippen LogP contribution in [0.25, 0.3) is 0 Å². The van der Waals surface area contributed by atoms with Crippen LogP contribution in [-0.2, 0) is 4.74 Å². The number of aromatic amines is 1. The molecule has 6 nitrogen and oxygen atoms in total. The summed E-state index contributed by atoms with van der Waals surface area (Å²) < 4.78 is 5.51. The highest BCUT2D eigenvalue weighted by atomic mass is 16.6. The number of nitrogens with two attached hydrogens (primary N) is 1. The molecule has 0 saturated heterocycles. The van der Waals surface area contributed by atoms with Crippen molar-refractivity contribution in [2.45, 2.75) is 51.2 Å². The Labute approximate surface area is 113 Å². The van der Waals surface area contributed by atoms with Crippen molar-refractivity contribution in [2.24, 2.45) is 0 Å². The highest BCUT2D eigenvalue weighted by Gasteiger charge is 2.30. The van der Waals surface area contributed by atoms with Gasteiger partial charge in [-0.2, -0.15) is 5.10 Å². The molecular formula is C13H22N4O2. The highest BCUT2D eigenvalue weighted by Crippen LogP contribution is 2.35. The number of rotatable bonds is 3. The summed E-state index contributed by atoms with van der Waals surface area (Å²) in [4.78, 5) is 13.5. The Morgan fingerprint density at radius 1 is 1.58 bits per heavy atom. The Kier molecular flexibility index (Phi) is 3.97. The zero-order valence-electron chi connectivity index (χ0n) is 11.7. The summed E-state index contributed by atoms with van der Waals surface area (Å²) in [5.41, 5.74) is 6.64. The van der Waals surface area contributed by atoms with E-state index in [0.29, 0.717) is 11.7 Å². The van der Waals surface area contributed by atoms with Gasteiger partial charge in [0.1, 0.15) is 11.9 Å². The van der Waals surface area contributed by atoms with Crippen molar-refractivity contribution in [2.75, 3.05) is 12.8 Å². The van der Waals surface area contributed by atoms with Crippen LogP contribution < -0.4 is 5.73 Å². The fourth-order valence-electron chi connectivity index (χ4n) is 2.33. The van der Waals surface area contributed by atoms with Crippen LogP contribution in [0.2, 0.25) is 0 Å². The van der Waals surface area contributed by atoms with Gasteiger partial charge in [0, 0.05) is 30.8 Å². The zero-order valence-corrected chi connectivity index (χ0v) is 11.7. The van der Waals surface area contributed by atoms with Crippen LogP contribution >= 0.6 is 0 Å². The second kappa shape index (κ2) is 5.50. The SMILES string of the molecule is CC(C)N(C)C(=O)O[C@@H]1CC[C@H](c2cc(N)n[nH]2)C1. The Morgan fingerprint density at radius 3 is 2.89 bits per heavy atom. The average molecular weight is 266 g/mol. The molecule has 19 heavy (non-hydrogen) atoms. The average Bonchev–Trinajstić information content (AvgIpc) is 2.96. The number of carbonyl (C=O) groups excluding carboxylic acids is 1. The molecule has 106 valence electrons. The molecule has 1 fully saturated rings. The number of ether oxygens (including phenoxy) is 1. The van der Waals surface area contributed by atoms with Crippen molar-refractivity contribution in [3.63, 3.8) is 0 Å². The quantitative estimate of drug-likeness (QED) is 0.877. The third-order valence-corrected chi connectivity index (χ3v) is 3.77. The van der Waals surface area contributed by atoms with Crippen LogP contribution in [0, 0.1) is 0 Å². The summed E-state index contributed by atoms with van der Waals surface area (Å²) in [7, 11) is 1.76. The van der Waals surface area contributed by atoms with E-state index in [4.69, 9.17) is 10.5 Å². The maximum absolute atomic E-state index is 11.9. The number of hydrogen-bond acceptors (Lipinski definition) is 4. The first-order valence-electron chi connectivity index (χ1n) is 6.71. The first kappa shape index (κ1) is 13.7. The second-order valence-electron chi connectivity index (χ2n) is 5.47. The van der Waals surface area contributed by atoms with Gasteiger partial charge in [-0.25, -0.2) is 4.79 Å². The lowest BCUT2D eigenvalue weighted by Gasteiger charge is -2.23. The van der Waals surface area contributed by atoms with Crippen molar-refractivity contribution in [3.8, 4) is 0 Å². The molecule has 1 aliphatic rings. The van der Waals surface area contributed by atoms with E-state index in [1.807, 2.05) is 19.9 Å². The Bertz CT molecular complexity index is 444. The molecule has 1 amide bonds. The first-order valence-corrected chi connectivity index (χ1v) is 6.71. The van der Waals surface area contributed by atoms with Gasteiger partial charge in [0.15, 0.2) is 0 Å². The lowest BCUT2D eigenvalue weighted by Crippen LogP contribution is -2.35. The predicted molar refractivity (Wildman–Crippen MR) is 72.8 cm³/mol. The van der Waals surface area contributed by atoms with Crippen LogP contribution in [-0.4, -0.2) is 40.4 Å². The van der Waals surface area contributed by atoms with Gasteiger partial charge in [-0.1, -0.05) is 0 Å². The Balaban J connectivity index is 1.87. The molecule has 1 aromatic rings. The number of nitrogen functional groups attached to an aromatic ring is 1. The molecule has 2 rings (SSSR count). The van der Waals surface area contributed by atoms with E-state index in [1.165, 1.54) is 0 Å². The summed E-state index contributed by atoms with van der Waals surface area (Å²) in [6.07, 6.45) is 2.46. The summed E-state index contributed by atoms with van der Waals surface area (Å²) >= 11 is 0. The van der Waals surface area contributed by atoms with Gasteiger partial charge in [0.2, 0.25) is 0 Å². The van der Waals surface area contributed by atoms with E-state index in [-0.39, 0.29) is 18.2 Å². The summed E-state index contributed by atoms with van der Waals surface area (Å²) in [6.45, 7) is 3.93. The fraction of sp³-hybridized carbons (Fsp3) is 0.692. The third kappa shape index (κ3) is 3.19. The van der Waals surface area contributed by atoms with E-state index in [1.54, 1.807) is 11.9 Å². The van der Waals surface area contributed by atoms with Gasteiger partial charge in [-0.05, 0) is 33.1 Å². The van der Waals surface area contributed by atoms with Crippen LogP contribution in [0.1, 0.15) is 44.7 Å². The van der Waals surface area contributed by atoms with Crippen LogP contribution in [0.15, 0.2) is 6.07 Å². The van der Waals surface area contributed by atoms with Gasteiger partial charge in [-0.15, -0.1) is 0 Å². The maximum atomic E-state index is 11.9. The number of H-pyrrole nitrogens is 1. The van der Waals surface area contributed by atoms with E-state index in [2.05, 4.69) is 10.2 Å². The minimum Gasteiger partial charge on any atom is -0.446 e. The summed E-state index contributed by atoms with van der Waals surface area (Å²) in [5.74, 6) is 0.863. The number of amides is 1. The molecule has 3 N–H and O–H groups in total. The van der Waals surface area contributed by atoms with E-state index < -0.39 is 0 Å². The van der Waals surface area contributed by atoms with Gasteiger partial charge < -0.3 is 15.4 Å². The van der Waals surface area contributed by atoms with Crippen molar-refractivity contribution < 1.29 is 9.53 Å². The number of hydrogen-bond donors (Lipinski definition) is 2. The summed E-state index contributed by atoms with van der Waals surface area (Å²) in [5, 5.41) is 6.87. The lowest BCUT2D eigenvalue weighted by molar-refractivity contribution is 0.0645.